The normalized spacial score (nSPS) is 23.4. The number of carboxylic acid groups (broad SMARTS) is 1. The number of piperidine rings is 1. The van der Waals surface area contributed by atoms with Crippen molar-refractivity contribution < 1.29 is 28.2 Å². The van der Waals surface area contributed by atoms with Gasteiger partial charge >= 0.3 is 5.97 Å². The number of halogens is 3. The van der Waals surface area contributed by atoms with Gasteiger partial charge in [-0.3, -0.25) is 4.90 Å². The molecule has 11 heteroatoms. The number of rotatable bonds is 9. The number of carbonyl (C=O) groups is 1. The lowest BCUT2D eigenvalue weighted by molar-refractivity contribution is -0.0591. The highest BCUT2D eigenvalue weighted by Crippen LogP contribution is 2.58. The quantitative estimate of drug-likeness (QED) is 0.288. The Labute approximate surface area is 239 Å². The number of likely N-dealkylation sites (tertiary alicyclic amines) is 1. The summed E-state index contributed by atoms with van der Waals surface area (Å²) in [6.45, 7) is 3.49. The number of imidazole rings is 1. The molecule has 0 amide bonds. The van der Waals surface area contributed by atoms with Crippen molar-refractivity contribution in [2.45, 2.75) is 38.1 Å². The van der Waals surface area contributed by atoms with Crippen LogP contribution < -0.4 is 4.74 Å². The molecule has 2 saturated heterocycles. The summed E-state index contributed by atoms with van der Waals surface area (Å²) >= 11 is 5.82. The molecule has 212 valence electrons. The number of aromatic nitrogens is 3. The van der Waals surface area contributed by atoms with Crippen molar-refractivity contribution in [1.82, 2.24) is 19.4 Å². The van der Waals surface area contributed by atoms with Crippen molar-refractivity contribution in [2.75, 3.05) is 19.7 Å². The monoisotopic (exact) mass is 580 g/mol. The summed E-state index contributed by atoms with van der Waals surface area (Å²) in [5, 5.41) is 9.79. The Kier molecular flexibility index (Phi) is 6.64. The zero-order valence-corrected chi connectivity index (χ0v) is 22.7. The highest BCUT2D eigenvalue weighted by Gasteiger charge is 2.57. The van der Waals surface area contributed by atoms with E-state index in [1.807, 2.05) is 0 Å². The van der Waals surface area contributed by atoms with Gasteiger partial charge < -0.3 is 19.1 Å². The van der Waals surface area contributed by atoms with Crippen LogP contribution in [-0.4, -0.2) is 56.3 Å². The molecule has 4 heterocycles. The molecule has 3 aliphatic rings. The Morgan fingerprint density at radius 3 is 2.59 bits per heavy atom. The summed E-state index contributed by atoms with van der Waals surface area (Å²) in [6.07, 6.45) is 1.05. The van der Waals surface area contributed by atoms with E-state index < -0.39 is 11.8 Å². The molecular weight excluding hydrogens is 554 g/mol. The number of pyridine rings is 1. The van der Waals surface area contributed by atoms with Gasteiger partial charge in [-0.1, -0.05) is 17.7 Å². The third kappa shape index (κ3) is 5.05. The molecule has 1 saturated carbocycles. The van der Waals surface area contributed by atoms with Gasteiger partial charge in [-0.25, -0.2) is 23.5 Å². The SMILES string of the molecule is O=C(O)c1ccc2nc(CN3C[C@@H]4C(c5nc(OCc6ccc(Cl)cc6F)ccc5F)[C@@H]4C3)n(C[C@@H]3CCO3)c2c1. The molecule has 8 nitrogen and oxygen atoms in total. The van der Waals surface area contributed by atoms with Crippen LogP contribution in [0.2, 0.25) is 5.02 Å². The fourth-order valence-corrected chi connectivity index (χ4v) is 6.31. The van der Waals surface area contributed by atoms with Crippen molar-refractivity contribution in [1.29, 1.82) is 0 Å². The molecule has 3 fully saturated rings. The smallest absolute Gasteiger partial charge is 0.335 e. The molecule has 41 heavy (non-hydrogen) atoms. The number of benzene rings is 2. The van der Waals surface area contributed by atoms with Gasteiger partial charge in [0, 0.05) is 42.3 Å². The lowest BCUT2D eigenvalue weighted by atomic mass is 10.1. The molecule has 7 rings (SSSR count). The largest absolute Gasteiger partial charge is 0.478 e. The van der Waals surface area contributed by atoms with Gasteiger partial charge in [0.2, 0.25) is 5.88 Å². The van der Waals surface area contributed by atoms with Gasteiger partial charge in [-0.15, -0.1) is 0 Å². The Balaban J connectivity index is 1.04. The van der Waals surface area contributed by atoms with E-state index in [2.05, 4.69) is 14.5 Å². The van der Waals surface area contributed by atoms with Crippen molar-refractivity contribution in [3.63, 3.8) is 0 Å². The Bertz CT molecular complexity index is 1650. The number of fused-ring (bicyclic) bond motifs is 2. The average molecular weight is 581 g/mol. The molecule has 2 aliphatic heterocycles. The minimum absolute atomic E-state index is 0.00221. The summed E-state index contributed by atoms with van der Waals surface area (Å²) in [5.74, 6) is -0.137. The van der Waals surface area contributed by atoms with E-state index in [0.29, 0.717) is 29.4 Å². The summed E-state index contributed by atoms with van der Waals surface area (Å²) < 4.78 is 42.4. The summed E-state index contributed by atoms with van der Waals surface area (Å²) in [7, 11) is 0. The number of carboxylic acids is 1. The van der Waals surface area contributed by atoms with Crippen LogP contribution in [0.1, 0.15) is 39.8 Å². The number of hydrogen-bond donors (Lipinski definition) is 1. The Hall–Kier alpha value is -3.60. The highest BCUT2D eigenvalue weighted by atomic mass is 35.5. The van der Waals surface area contributed by atoms with Gasteiger partial charge in [0.15, 0.2) is 0 Å². The minimum atomic E-state index is -0.973. The van der Waals surface area contributed by atoms with Crippen LogP contribution in [0.25, 0.3) is 11.0 Å². The van der Waals surface area contributed by atoms with Crippen LogP contribution in [0.4, 0.5) is 8.78 Å². The first-order valence-corrected chi connectivity index (χ1v) is 14.0. The summed E-state index contributed by atoms with van der Waals surface area (Å²) in [5.41, 5.74) is 2.51. The molecule has 2 aromatic carbocycles. The first-order valence-electron chi connectivity index (χ1n) is 13.6. The second-order valence-corrected chi connectivity index (χ2v) is 11.5. The third-order valence-electron chi connectivity index (χ3n) is 8.44. The van der Waals surface area contributed by atoms with Gasteiger partial charge in [0.05, 0.1) is 41.5 Å². The molecule has 1 unspecified atom stereocenters. The molecule has 4 atom stereocenters. The highest BCUT2D eigenvalue weighted by molar-refractivity contribution is 6.30. The predicted molar refractivity (Wildman–Crippen MR) is 146 cm³/mol. The summed E-state index contributed by atoms with van der Waals surface area (Å²) in [4.78, 5) is 23.2. The van der Waals surface area contributed by atoms with Crippen LogP contribution in [0, 0.1) is 23.5 Å². The van der Waals surface area contributed by atoms with E-state index in [9.17, 15) is 18.7 Å². The molecule has 0 spiro atoms. The molecule has 2 aromatic heterocycles. The summed E-state index contributed by atoms with van der Waals surface area (Å²) in [6, 6.07) is 12.2. The molecular formula is C30H27ClF2N4O4. The topological polar surface area (TPSA) is 89.7 Å². The van der Waals surface area contributed by atoms with Crippen molar-refractivity contribution >= 4 is 28.6 Å². The van der Waals surface area contributed by atoms with Gasteiger partial charge in [-0.05, 0) is 54.7 Å². The number of ether oxygens (including phenoxy) is 2. The van der Waals surface area contributed by atoms with Crippen LogP contribution in [-0.2, 0) is 24.4 Å². The molecule has 4 aromatic rings. The van der Waals surface area contributed by atoms with E-state index in [-0.39, 0.29) is 47.7 Å². The average Bonchev–Trinajstić information content (AvgIpc) is 3.23. The van der Waals surface area contributed by atoms with E-state index in [1.54, 1.807) is 30.3 Å². The number of aromatic carboxylic acids is 1. The van der Waals surface area contributed by atoms with E-state index >= 15 is 0 Å². The van der Waals surface area contributed by atoms with Crippen molar-refractivity contribution in [3.8, 4) is 5.88 Å². The van der Waals surface area contributed by atoms with Gasteiger partial charge in [0.1, 0.15) is 24.1 Å². The maximum Gasteiger partial charge on any atom is 0.335 e. The first-order chi connectivity index (χ1) is 19.8. The maximum atomic E-state index is 14.8. The molecule has 1 N–H and O–H groups in total. The second kappa shape index (κ2) is 10.3. The Morgan fingerprint density at radius 2 is 1.88 bits per heavy atom. The zero-order chi connectivity index (χ0) is 28.2. The lowest BCUT2D eigenvalue weighted by Crippen LogP contribution is -2.33. The van der Waals surface area contributed by atoms with Crippen molar-refractivity contribution in [3.05, 3.63) is 87.8 Å². The molecule has 1 aliphatic carbocycles. The molecule has 0 radical (unpaired) electrons. The fraction of sp³-hybridized carbons (Fsp3) is 0.367. The third-order valence-corrected chi connectivity index (χ3v) is 8.68. The van der Waals surface area contributed by atoms with Crippen LogP contribution in [0.3, 0.4) is 0 Å². The van der Waals surface area contributed by atoms with Crippen LogP contribution >= 0.6 is 11.6 Å². The zero-order valence-electron chi connectivity index (χ0n) is 22.0. The van der Waals surface area contributed by atoms with E-state index in [4.69, 9.17) is 26.1 Å². The van der Waals surface area contributed by atoms with Gasteiger partial charge in [-0.2, -0.15) is 0 Å². The fourth-order valence-electron chi connectivity index (χ4n) is 6.15. The maximum absolute atomic E-state index is 14.8. The minimum Gasteiger partial charge on any atom is -0.478 e. The Morgan fingerprint density at radius 1 is 1.07 bits per heavy atom. The van der Waals surface area contributed by atoms with E-state index in [1.165, 1.54) is 18.2 Å². The number of nitrogens with zero attached hydrogens (tertiary/aromatic N) is 4. The van der Waals surface area contributed by atoms with Gasteiger partial charge in [0.25, 0.3) is 0 Å². The number of hydrogen-bond acceptors (Lipinski definition) is 6. The lowest BCUT2D eigenvalue weighted by Gasteiger charge is -2.28. The van der Waals surface area contributed by atoms with Crippen molar-refractivity contribution in [2.24, 2.45) is 11.8 Å². The van der Waals surface area contributed by atoms with Crippen LogP contribution in [0.15, 0.2) is 48.5 Å². The standard InChI is InChI=1S/C30H27ClF2N4O4/c31-18-3-1-17(23(33)10-18)15-41-27-6-4-22(32)29(35-27)28-20-12-36(13-21(20)28)14-26-34-24-5-2-16(30(38)39)9-25(24)37(26)11-19-7-8-40-19/h1-6,9-10,19-21,28H,7-8,11-15H2,(H,38,39)/t19-,20-,21+,28?/m0/s1. The second-order valence-electron chi connectivity index (χ2n) is 11.0. The molecule has 0 bridgehead atoms. The van der Waals surface area contributed by atoms with Crippen LogP contribution in [0.5, 0.6) is 5.88 Å². The first kappa shape index (κ1) is 26.3. The predicted octanol–water partition coefficient (Wildman–Crippen LogP) is 5.27. The van der Waals surface area contributed by atoms with E-state index in [0.717, 1.165) is 43.0 Å².